The standard InChI is InChI=1S/C11H12O2/c12-8-10-6-7-13-11(10)9-4-2-1-3-5-9/h1-5,8,10-11H,6-7H2/t10-,11-/m1/s1. The van der Waals surface area contributed by atoms with Crippen molar-refractivity contribution in [3.8, 4) is 0 Å². The molecule has 2 heteroatoms. The van der Waals surface area contributed by atoms with Crippen molar-refractivity contribution in [3.63, 3.8) is 0 Å². The number of hydrogen-bond acceptors (Lipinski definition) is 2. The van der Waals surface area contributed by atoms with Crippen LogP contribution in [0.2, 0.25) is 0 Å². The van der Waals surface area contributed by atoms with Crippen LogP contribution in [-0.4, -0.2) is 12.9 Å². The van der Waals surface area contributed by atoms with Gasteiger partial charge >= 0.3 is 0 Å². The van der Waals surface area contributed by atoms with Gasteiger partial charge in [-0.1, -0.05) is 30.3 Å². The third kappa shape index (κ3) is 1.63. The lowest BCUT2D eigenvalue weighted by molar-refractivity contribution is -0.112. The normalized spacial score (nSPS) is 27.4. The Morgan fingerprint density at radius 2 is 2.08 bits per heavy atom. The molecule has 2 nitrogen and oxygen atoms in total. The molecule has 0 aromatic heterocycles. The Kier molecular flexibility index (Phi) is 2.41. The molecule has 0 bridgehead atoms. The first-order chi connectivity index (χ1) is 6.42. The molecular formula is C11H12O2. The topological polar surface area (TPSA) is 26.3 Å². The molecule has 1 aliphatic heterocycles. The van der Waals surface area contributed by atoms with Crippen LogP contribution in [-0.2, 0) is 9.53 Å². The summed E-state index contributed by atoms with van der Waals surface area (Å²) in [6, 6.07) is 9.92. The Bertz CT molecular complexity index is 281. The van der Waals surface area contributed by atoms with Crippen molar-refractivity contribution in [3.05, 3.63) is 35.9 Å². The second-order valence-electron chi connectivity index (χ2n) is 3.29. The molecule has 1 saturated heterocycles. The minimum absolute atomic E-state index is 0.0151. The largest absolute Gasteiger partial charge is 0.373 e. The van der Waals surface area contributed by atoms with Crippen LogP contribution in [0, 0.1) is 5.92 Å². The van der Waals surface area contributed by atoms with E-state index in [0.717, 1.165) is 18.3 Å². The number of rotatable bonds is 2. The summed E-state index contributed by atoms with van der Waals surface area (Å²) in [7, 11) is 0. The molecule has 1 aromatic carbocycles. The van der Waals surface area contributed by atoms with Gasteiger partial charge in [0.1, 0.15) is 6.29 Å². The highest BCUT2D eigenvalue weighted by molar-refractivity contribution is 5.55. The van der Waals surface area contributed by atoms with Crippen molar-refractivity contribution in [2.75, 3.05) is 6.61 Å². The Hall–Kier alpha value is -1.15. The minimum atomic E-state index is -0.0151. The molecule has 1 aromatic rings. The van der Waals surface area contributed by atoms with Gasteiger partial charge in [0.15, 0.2) is 0 Å². The van der Waals surface area contributed by atoms with Crippen molar-refractivity contribution in [1.29, 1.82) is 0 Å². The Balaban J connectivity index is 2.21. The highest BCUT2D eigenvalue weighted by atomic mass is 16.5. The van der Waals surface area contributed by atoms with Gasteiger partial charge in [-0.05, 0) is 12.0 Å². The zero-order valence-electron chi connectivity index (χ0n) is 7.35. The van der Waals surface area contributed by atoms with Gasteiger partial charge in [0, 0.05) is 12.5 Å². The number of carbonyl (C=O) groups is 1. The fourth-order valence-corrected chi connectivity index (χ4v) is 1.73. The summed E-state index contributed by atoms with van der Waals surface area (Å²) in [6.45, 7) is 0.697. The van der Waals surface area contributed by atoms with Crippen LogP contribution in [0.3, 0.4) is 0 Å². The molecule has 0 N–H and O–H groups in total. The van der Waals surface area contributed by atoms with Gasteiger partial charge in [-0.15, -0.1) is 0 Å². The van der Waals surface area contributed by atoms with Crippen LogP contribution < -0.4 is 0 Å². The summed E-state index contributed by atoms with van der Waals surface area (Å²) in [5, 5.41) is 0. The van der Waals surface area contributed by atoms with E-state index in [1.165, 1.54) is 0 Å². The fourth-order valence-electron chi connectivity index (χ4n) is 1.73. The highest BCUT2D eigenvalue weighted by Crippen LogP contribution is 2.32. The molecule has 1 heterocycles. The monoisotopic (exact) mass is 176 g/mol. The number of ether oxygens (including phenoxy) is 1. The maximum Gasteiger partial charge on any atom is 0.126 e. The van der Waals surface area contributed by atoms with E-state index in [1.807, 2.05) is 30.3 Å². The van der Waals surface area contributed by atoms with Gasteiger partial charge < -0.3 is 9.53 Å². The van der Waals surface area contributed by atoms with Gasteiger partial charge in [0.05, 0.1) is 6.10 Å². The van der Waals surface area contributed by atoms with Crippen molar-refractivity contribution in [1.82, 2.24) is 0 Å². The van der Waals surface area contributed by atoms with E-state index < -0.39 is 0 Å². The lowest BCUT2D eigenvalue weighted by Crippen LogP contribution is -2.08. The maximum atomic E-state index is 10.7. The third-order valence-corrected chi connectivity index (χ3v) is 2.44. The van der Waals surface area contributed by atoms with Gasteiger partial charge in [-0.25, -0.2) is 0 Å². The lowest BCUT2D eigenvalue weighted by atomic mass is 9.97. The van der Waals surface area contributed by atoms with E-state index in [9.17, 15) is 4.79 Å². The van der Waals surface area contributed by atoms with Crippen molar-refractivity contribution in [2.45, 2.75) is 12.5 Å². The van der Waals surface area contributed by atoms with E-state index in [1.54, 1.807) is 0 Å². The Morgan fingerprint density at radius 3 is 2.77 bits per heavy atom. The number of hydrogen-bond donors (Lipinski definition) is 0. The molecule has 68 valence electrons. The Morgan fingerprint density at radius 1 is 1.31 bits per heavy atom. The first-order valence-electron chi connectivity index (χ1n) is 4.53. The lowest BCUT2D eigenvalue weighted by Gasteiger charge is -2.13. The molecular weight excluding hydrogens is 164 g/mol. The number of aldehydes is 1. The molecule has 0 radical (unpaired) electrons. The quantitative estimate of drug-likeness (QED) is 0.644. The van der Waals surface area contributed by atoms with E-state index in [0.29, 0.717) is 6.61 Å². The Labute approximate surface area is 77.5 Å². The molecule has 2 rings (SSSR count). The van der Waals surface area contributed by atoms with Crippen molar-refractivity contribution < 1.29 is 9.53 Å². The molecule has 0 unspecified atom stereocenters. The summed E-state index contributed by atoms with van der Waals surface area (Å²) < 4.78 is 5.51. The summed E-state index contributed by atoms with van der Waals surface area (Å²) in [6.07, 6.45) is 1.84. The molecule has 0 spiro atoms. The second-order valence-corrected chi connectivity index (χ2v) is 3.29. The summed E-state index contributed by atoms with van der Waals surface area (Å²) in [5.74, 6) is 0.0439. The van der Waals surface area contributed by atoms with Crippen LogP contribution in [0.5, 0.6) is 0 Å². The maximum absolute atomic E-state index is 10.7. The van der Waals surface area contributed by atoms with Crippen LogP contribution in [0.15, 0.2) is 30.3 Å². The predicted molar refractivity (Wildman–Crippen MR) is 49.3 cm³/mol. The molecule has 2 atom stereocenters. The third-order valence-electron chi connectivity index (χ3n) is 2.44. The molecule has 0 amide bonds. The molecule has 0 aliphatic carbocycles. The van der Waals surface area contributed by atoms with Gasteiger partial charge in [-0.2, -0.15) is 0 Å². The van der Waals surface area contributed by atoms with Crippen LogP contribution >= 0.6 is 0 Å². The van der Waals surface area contributed by atoms with E-state index in [4.69, 9.17) is 4.74 Å². The SMILES string of the molecule is O=C[C@H]1CCO[C@@H]1c1ccccc1. The van der Waals surface area contributed by atoms with Crippen molar-refractivity contribution in [2.24, 2.45) is 5.92 Å². The summed E-state index contributed by atoms with van der Waals surface area (Å²) >= 11 is 0. The van der Waals surface area contributed by atoms with E-state index >= 15 is 0 Å². The highest BCUT2D eigenvalue weighted by Gasteiger charge is 2.28. The first kappa shape index (κ1) is 8.45. The smallest absolute Gasteiger partial charge is 0.126 e. The zero-order chi connectivity index (χ0) is 9.10. The molecule has 1 fully saturated rings. The average Bonchev–Trinajstić information content (AvgIpc) is 2.67. The van der Waals surface area contributed by atoms with Crippen LogP contribution in [0.25, 0.3) is 0 Å². The number of carbonyl (C=O) groups excluding carboxylic acids is 1. The average molecular weight is 176 g/mol. The number of benzene rings is 1. The molecule has 1 aliphatic rings. The van der Waals surface area contributed by atoms with Crippen molar-refractivity contribution >= 4 is 6.29 Å². The van der Waals surface area contributed by atoms with Gasteiger partial charge in [-0.3, -0.25) is 0 Å². The van der Waals surface area contributed by atoms with Crippen LogP contribution in [0.4, 0.5) is 0 Å². The van der Waals surface area contributed by atoms with Crippen LogP contribution in [0.1, 0.15) is 18.1 Å². The minimum Gasteiger partial charge on any atom is -0.373 e. The van der Waals surface area contributed by atoms with E-state index in [-0.39, 0.29) is 12.0 Å². The summed E-state index contributed by atoms with van der Waals surface area (Å²) in [5.41, 5.74) is 1.11. The van der Waals surface area contributed by atoms with Gasteiger partial charge in [0.25, 0.3) is 0 Å². The van der Waals surface area contributed by atoms with Gasteiger partial charge in [0.2, 0.25) is 0 Å². The summed E-state index contributed by atoms with van der Waals surface area (Å²) in [4.78, 5) is 10.7. The molecule has 0 saturated carbocycles. The second kappa shape index (κ2) is 3.71. The first-order valence-corrected chi connectivity index (χ1v) is 4.53. The molecule has 13 heavy (non-hydrogen) atoms. The van der Waals surface area contributed by atoms with E-state index in [2.05, 4.69) is 0 Å². The predicted octanol–water partition coefficient (Wildman–Crippen LogP) is 1.96. The zero-order valence-corrected chi connectivity index (χ0v) is 7.35. The fraction of sp³-hybridized carbons (Fsp3) is 0.364.